The number of nitrogens with one attached hydrogen (secondary N) is 3. The molecule has 2 aromatic rings. The van der Waals surface area contributed by atoms with Gasteiger partial charge in [-0.3, -0.25) is 24.4 Å². The third-order valence-corrected chi connectivity index (χ3v) is 8.01. The molecule has 2 fully saturated rings. The summed E-state index contributed by atoms with van der Waals surface area (Å²) in [5, 5.41) is 47.1. The van der Waals surface area contributed by atoms with E-state index in [1.165, 1.54) is 10.9 Å². The Morgan fingerprint density at radius 2 is 1.85 bits per heavy atom. The van der Waals surface area contributed by atoms with Crippen molar-refractivity contribution in [2.75, 3.05) is 18.8 Å². The average molecular weight is 670 g/mol. The number of nitrogens with two attached hydrogens (primary N) is 6. The van der Waals surface area contributed by atoms with E-state index >= 15 is 0 Å². The summed E-state index contributed by atoms with van der Waals surface area (Å²) in [5.41, 5.74) is 33.7. The zero-order chi connectivity index (χ0) is 34.6. The first-order chi connectivity index (χ1) is 22.2. The van der Waals surface area contributed by atoms with Gasteiger partial charge < -0.3 is 79.5 Å². The minimum absolute atomic E-state index is 0.0338. The molecule has 22 nitrogen and oxygen atoms in total. The van der Waals surface area contributed by atoms with Crippen molar-refractivity contribution >= 4 is 34.9 Å². The molecule has 3 heterocycles. The highest BCUT2D eigenvalue weighted by Gasteiger charge is 2.48. The molecule has 2 aromatic heterocycles. The number of anilines is 1. The van der Waals surface area contributed by atoms with Crippen LogP contribution in [0.15, 0.2) is 16.1 Å². The molecule has 22 heteroatoms. The molecule has 0 bridgehead atoms. The number of nitrogens with zero attached hydrogens (tertiary/aromatic N) is 4. The SMILES string of the molecule is NC(N)=NCCCC(NC(=O)Cn1cnc2c(=O)[nH]c(N)nc21)C(=O)NC[C@H]1O[C@H](OC2[C@@H](N)C[C@@H](N)[C@H](O)[C@H]2O)[C@H](N)[C@@H](O)[C@@H]1O. The summed E-state index contributed by atoms with van der Waals surface area (Å²) in [6.45, 7) is -0.580. The molecule has 1 saturated heterocycles. The van der Waals surface area contributed by atoms with E-state index in [0.29, 0.717) is 0 Å². The maximum atomic E-state index is 13.3. The number of carbonyl (C=O) groups excluding carboxylic acids is 2. The fourth-order valence-electron chi connectivity index (χ4n) is 5.45. The van der Waals surface area contributed by atoms with Gasteiger partial charge in [0.05, 0.1) is 18.5 Å². The first-order valence-corrected chi connectivity index (χ1v) is 14.8. The maximum Gasteiger partial charge on any atom is 0.280 e. The molecule has 19 N–H and O–H groups in total. The van der Waals surface area contributed by atoms with Crippen LogP contribution in [-0.2, 0) is 25.6 Å². The van der Waals surface area contributed by atoms with Crippen molar-refractivity contribution in [3.63, 3.8) is 0 Å². The lowest BCUT2D eigenvalue weighted by Gasteiger charge is -2.46. The molecule has 11 atom stereocenters. The lowest BCUT2D eigenvalue weighted by atomic mass is 9.84. The minimum atomic E-state index is -1.57. The van der Waals surface area contributed by atoms with Crippen molar-refractivity contribution in [1.29, 1.82) is 0 Å². The fraction of sp³-hybridized carbons (Fsp3) is 0.680. The number of amides is 2. The molecule has 0 radical (unpaired) electrons. The number of H-pyrrole nitrogens is 1. The van der Waals surface area contributed by atoms with Gasteiger partial charge in [0, 0.05) is 25.2 Å². The van der Waals surface area contributed by atoms with E-state index < -0.39 is 84.5 Å². The normalized spacial score (nSPS) is 31.6. The molecule has 2 aliphatic rings. The van der Waals surface area contributed by atoms with E-state index in [4.69, 9.17) is 43.9 Å². The maximum absolute atomic E-state index is 13.3. The van der Waals surface area contributed by atoms with Crippen LogP contribution in [0.4, 0.5) is 5.95 Å². The van der Waals surface area contributed by atoms with Gasteiger partial charge in [0.2, 0.25) is 17.8 Å². The predicted molar refractivity (Wildman–Crippen MR) is 164 cm³/mol. The van der Waals surface area contributed by atoms with E-state index in [9.17, 15) is 34.8 Å². The first kappa shape index (κ1) is 35.8. The molecule has 1 saturated carbocycles. The number of aliphatic hydroxyl groups excluding tert-OH is 4. The second-order valence-electron chi connectivity index (χ2n) is 11.6. The zero-order valence-corrected chi connectivity index (χ0v) is 25.3. The lowest BCUT2D eigenvalue weighted by Crippen LogP contribution is -2.67. The molecule has 0 aromatic carbocycles. The predicted octanol–water partition coefficient (Wildman–Crippen LogP) is -7.70. The molecular formula is C25H43N13O9. The number of carbonyl (C=O) groups is 2. The van der Waals surface area contributed by atoms with Crippen molar-refractivity contribution in [3.05, 3.63) is 16.7 Å². The monoisotopic (exact) mass is 669 g/mol. The second-order valence-corrected chi connectivity index (χ2v) is 11.6. The van der Waals surface area contributed by atoms with Crippen LogP contribution in [0.5, 0.6) is 0 Å². The smallest absolute Gasteiger partial charge is 0.280 e. The standard InChI is InChI=1S/C25H43N13O9/c26-8-4-9(27)19(18(43)15(8)40)47-23-13(28)17(42)16(41)11(46-23)5-33-21(44)10(2-1-3-32-24(29)30)35-12(39)6-38-7-34-14-20(38)36-25(31)37-22(14)45/h7-11,13,15-19,23,40-43H,1-6,26-28H2,(H,33,44)(H,35,39)(H4,29,30,32)(H3,31,36,37,45)/t8-,9+,10?,11-,13-,15+,16-,17-,18-,19?,23-/m1/s1. The number of hydrogen-bond acceptors (Lipinski definition) is 16. The first-order valence-electron chi connectivity index (χ1n) is 14.8. The Bertz CT molecular complexity index is 1480. The Labute approximate surface area is 266 Å². The van der Waals surface area contributed by atoms with Gasteiger partial charge in [-0.05, 0) is 19.3 Å². The van der Waals surface area contributed by atoms with Crippen LogP contribution in [0, 0.1) is 0 Å². The van der Waals surface area contributed by atoms with Crippen molar-refractivity contribution in [1.82, 2.24) is 30.2 Å². The van der Waals surface area contributed by atoms with Crippen LogP contribution in [0.1, 0.15) is 19.3 Å². The number of fused-ring (bicyclic) bond motifs is 1. The second kappa shape index (κ2) is 15.3. The van der Waals surface area contributed by atoms with Gasteiger partial charge in [0.15, 0.2) is 23.4 Å². The van der Waals surface area contributed by atoms with Crippen molar-refractivity contribution in [3.8, 4) is 0 Å². The molecule has 1 aliphatic carbocycles. The number of aliphatic hydroxyl groups is 4. The molecule has 2 unspecified atom stereocenters. The summed E-state index contributed by atoms with van der Waals surface area (Å²) >= 11 is 0. The van der Waals surface area contributed by atoms with Gasteiger partial charge in [-0.2, -0.15) is 4.98 Å². The Morgan fingerprint density at radius 3 is 2.55 bits per heavy atom. The highest BCUT2D eigenvalue weighted by Crippen LogP contribution is 2.27. The van der Waals surface area contributed by atoms with Crippen LogP contribution in [0.2, 0.25) is 0 Å². The summed E-state index contributed by atoms with van der Waals surface area (Å²) in [6.07, 6.45) is -8.08. The van der Waals surface area contributed by atoms with E-state index in [2.05, 4.69) is 30.6 Å². The van der Waals surface area contributed by atoms with Gasteiger partial charge in [-0.15, -0.1) is 0 Å². The summed E-state index contributed by atoms with van der Waals surface area (Å²) < 4.78 is 12.8. The number of aliphatic imine (C=N–C) groups is 1. The van der Waals surface area contributed by atoms with Crippen LogP contribution < -0.4 is 50.6 Å². The Kier molecular flexibility index (Phi) is 11.6. The number of hydrogen-bond donors (Lipinski definition) is 13. The highest BCUT2D eigenvalue weighted by molar-refractivity contribution is 5.88. The molecule has 0 spiro atoms. The average Bonchev–Trinajstić information content (AvgIpc) is 3.40. The minimum Gasteiger partial charge on any atom is -0.389 e. The molecule has 262 valence electrons. The molecular weight excluding hydrogens is 626 g/mol. The Morgan fingerprint density at radius 1 is 1.13 bits per heavy atom. The number of guanidine groups is 1. The largest absolute Gasteiger partial charge is 0.389 e. The summed E-state index contributed by atoms with van der Waals surface area (Å²) in [4.78, 5) is 52.5. The fourth-order valence-corrected chi connectivity index (χ4v) is 5.45. The van der Waals surface area contributed by atoms with Crippen molar-refractivity contribution in [2.24, 2.45) is 33.7 Å². The van der Waals surface area contributed by atoms with E-state index in [0.717, 1.165) is 0 Å². The summed E-state index contributed by atoms with van der Waals surface area (Å²) in [7, 11) is 0. The number of ether oxygens (including phenoxy) is 2. The molecule has 47 heavy (non-hydrogen) atoms. The van der Waals surface area contributed by atoms with Crippen molar-refractivity contribution < 1.29 is 39.5 Å². The quantitative estimate of drug-likeness (QED) is 0.0566. The third kappa shape index (κ3) is 8.48. The van der Waals surface area contributed by atoms with Gasteiger partial charge in [-0.1, -0.05) is 0 Å². The van der Waals surface area contributed by atoms with Crippen LogP contribution >= 0.6 is 0 Å². The van der Waals surface area contributed by atoms with E-state index in [-0.39, 0.29) is 62.0 Å². The van der Waals surface area contributed by atoms with E-state index in [1.54, 1.807) is 0 Å². The van der Waals surface area contributed by atoms with Crippen molar-refractivity contribution in [2.45, 2.75) is 92.9 Å². The van der Waals surface area contributed by atoms with Gasteiger partial charge >= 0.3 is 0 Å². The topological polar surface area (TPSA) is 390 Å². The Balaban J connectivity index is 1.42. The van der Waals surface area contributed by atoms with Gasteiger partial charge in [-0.25, -0.2) is 4.98 Å². The number of aromatic amines is 1. The van der Waals surface area contributed by atoms with Crippen LogP contribution in [0.3, 0.4) is 0 Å². The van der Waals surface area contributed by atoms with Crippen LogP contribution in [0.25, 0.3) is 11.2 Å². The van der Waals surface area contributed by atoms with Gasteiger partial charge in [0.25, 0.3) is 5.56 Å². The van der Waals surface area contributed by atoms with E-state index in [1.807, 2.05) is 0 Å². The molecule has 1 aliphatic heterocycles. The number of nitrogen functional groups attached to an aromatic ring is 1. The highest BCUT2D eigenvalue weighted by atomic mass is 16.7. The van der Waals surface area contributed by atoms with Gasteiger partial charge in [0.1, 0.15) is 43.1 Å². The Hall–Kier alpha value is -4.00. The van der Waals surface area contributed by atoms with Crippen LogP contribution in [-0.4, -0.2) is 138 Å². The summed E-state index contributed by atoms with van der Waals surface area (Å²) in [6, 6.07) is -4.01. The molecule has 4 rings (SSSR count). The zero-order valence-electron chi connectivity index (χ0n) is 25.3. The lowest BCUT2D eigenvalue weighted by molar-refractivity contribution is -0.288. The number of rotatable bonds is 12. The summed E-state index contributed by atoms with van der Waals surface area (Å²) in [5.74, 6) is -1.65. The number of imidazole rings is 1. The third-order valence-electron chi connectivity index (χ3n) is 8.01. The molecule has 2 amide bonds. The number of aromatic nitrogens is 4.